The lowest BCUT2D eigenvalue weighted by molar-refractivity contribution is -0.177. The molecule has 0 heterocycles. The summed E-state index contributed by atoms with van der Waals surface area (Å²) in [5.74, 6) is 0. The highest BCUT2D eigenvalue weighted by molar-refractivity contribution is 5.44. The molecule has 0 aromatic heterocycles. The van der Waals surface area contributed by atoms with Gasteiger partial charge in [-0.15, -0.1) is 0 Å². The molecule has 0 radical (unpaired) electrons. The van der Waals surface area contributed by atoms with Crippen molar-refractivity contribution in [3.8, 4) is 0 Å². The van der Waals surface area contributed by atoms with E-state index in [1.807, 2.05) is 30.3 Å². The summed E-state index contributed by atoms with van der Waals surface area (Å²) in [6, 6.07) is 9.84. The van der Waals surface area contributed by atoms with Gasteiger partial charge in [-0.1, -0.05) is 50.1 Å². The van der Waals surface area contributed by atoms with Gasteiger partial charge in [-0.2, -0.15) is 0 Å². The molecule has 0 unspecified atom stereocenters. The molecule has 0 aliphatic rings. The third-order valence-corrected chi connectivity index (χ3v) is 2.34. The van der Waals surface area contributed by atoms with E-state index in [0.717, 1.165) is 31.2 Å². The second-order valence-electron chi connectivity index (χ2n) is 3.71. The van der Waals surface area contributed by atoms with Crippen molar-refractivity contribution in [2.75, 3.05) is 6.54 Å². The van der Waals surface area contributed by atoms with E-state index in [9.17, 15) is 4.79 Å². The number of hydroxylamine groups is 2. The average molecular weight is 221 g/mol. The Morgan fingerprint density at radius 1 is 1.25 bits per heavy atom. The van der Waals surface area contributed by atoms with Crippen LogP contribution in [0.4, 0.5) is 0 Å². The summed E-state index contributed by atoms with van der Waals surface area (Å²) in [5.41, 5.74) is 1.07. The first-order valence-corrected chi connectivity index (χ1v) is 5.75. The maximum atomic E-state index is 10.7. The molecule has 1 amide bonds. The smallest absolute Gasteiger partial charge is 0.233 e. The molecular weight excluding hydrogens is 202 g/mol. The standard InChI is InChI=1S/C13H19NO2/c1-2-3-7-10-14(12-15)16-11-13-8-5-4-6-9-13/h4-6,8-9,12H,2-3,7,10-11H2,1H3. The van der Waals surface area contributed by atoms with E-state index in [0.29, 0.717) is 13.2 Å². The van der Waals surface area contributed by atoms with Crippen LogP contribution in [0.3, 0.4) is 0 Å². The molecular formula is C13H19NO2. The Morgan fingerprint density at radius 3 is 2.62 bits per heavy atom. The minimum Gasteiger partial charge on any atom is -0.276 e. The molecule has 16 heavy (non-hydrogen) atoms. The maximum absolute atomic E-state index is 10.7. The molecule has 88 valence electrons. The van der Waals surface area contributed by atoms with E-state index in [1.54, 1.807) is 0 Å². The fourth-order valence-corrected chi connectivity index (χ4v) is 1.40. The summed E-state index contributed by atoms with van der Waals surface area (Å²) in [5, 5.41) is 1.38. The number of nitrogens with zero attached hydrogens (tertiary/aromatic N) is 1. The maximum Gasteiger partial charge on any atom is 0.233 e. The zero-order chi connectivity index (χ0) is 11.6. The fourth-order valence-electron chi connectivity index (χ4n) is 1.40. The van der Waals surface area contributed by atoms with Gasteiger partial charge in [0.1, 0.15) is 6.61 Å². The predicted molar refractivity (Wildman–Crippen MR) is 63.5 cm³/mol. The molecule has 0 saturated carbocycles. The highest BCUT2D eigenvalue weighted by atomic mass is 16.7. The van der Waals surface area contributed by atoms with Gasteiger partial charge in [0.25, 0.3) is 0 Å². The summed E-state index contributed by atoms with van der Waals surface area (Å²) < 4.78 is 0. The summed E-state index contributed by atoms with van der Waals surface area (Å²) in [4.78, 5) is 16.1. The van der Waals surface area contributed by atoms with Crippen LogP contribution in [0.1, 0.15) is 31.7 Å². The van der Waals surface area contributed by atoms with Gasteiger partial charge in [0.2, 0.25) is 6.41 Å². The van der Waals surface area contributed by atoms with Crippen molar-refractivity contribution >= 4 is 6.41 Å². The van der Waals surface area contributed by atoms with E-state index in [4.69, 9.17) is 4.84 Å². The Bertz CT molecular complexity index is 287. The van der Waals surface area contributed by atoms with Gasteiger partial charge in [-0.3, -0.25) is 9.63 Å². The first-order valence-electron chi connectivity index (χ1n) is 5.75. The van der Waals surface area contributed by atoms with Gasteiger partial charge in [-0.25, -0.2) is 5.06 Å². The minimum absolute atomic E-state index is 0.450. The number of benzene rings is 1. The number of rotatable bonds is 8. The van der Waals surface area contributed by atoms with Crippen molar-refractivity contribution in [1.29, 1.82) is 0 Å². The Morgan fingerprint density at radius 2 is 2.00 bits per heavy atom. The number of carbonyl (C=O) groups is 1. The monoisotopic (exact) mass is 221 g/mol. The fraction of sp³-hybridized carbons (Fsp3) is 0.462. The Balaban J connectivity index is 2.26. The minimum atomic E-state index is 0.450. The SMILES string of the molecule is CCCCCN(C=O)OCc1ccccc1. The molecule has 1 rings (SSSR count). The molecule has 1 aromatic carbocycles. The first kappa shape index (κ1) is 12.7. The lowest BCUT2D eigenvalue weighted by Gasteiger charge is -2.16. The molecule has 0 spiro atoms. The Hall–Kier alpha value is -1.35. The van der Waals surface area contributed by atoms with Gasteiger partial charge in [0.05, 0.1) is 0 Å². The van der Waals surface area contributed by atoms with E-state index >= 15 is 0 Å². The number of unbranched alkanes of at least 4 members (excludes halogenated alkanes) is 2. The summed E-state index contributed by atoms with van der Waals surface area (Å²) >= 11 is 0. The van der Waals surface area contributed by atoms with Crippen LogP contribution in [0.2, 0.25) is 0 Å². The first-order chi connectivity index (χ1) is 7.86. The topological polar surface area (TPSA) is 29.5 Å². The van der Waals surface area contributed by atoms with Crippen molar-refractivity contribution in [2.24, 2.45) is 0 Å². The van der Waals surface area contributed by atoms with Crippen LogP contribution in [0.15, 0.2) is 30.3 Å². The Labute approximate surface area is 97.0 Å². The van der Waals surface area contributed by atoms with Crippen LogP contribution in [0, 0.1) is 0 Å². The molecule has 3 nitrogen and oxygen atoms in total. The van der Waals surface area contributed by atoms with Gasteiger partial charge in [-0.05, 0) is 12.0 Å². The molecule has 1 aromatic rings. The molecule has 0 aliphatic carbocycles. The Kier molecular flexibility index (Phi) is 6.26. The van der Waals surface area contributed by atoms with E-state index in [1.165, 1.54) is 5.06 Å². The normalized spacial score (nSPS) is 10.1. The van der Waals surface area contributed by atoms with Gasteiger partial charge in [0, 0.05) is 6.54 Å². The number of carbonyl (C=O) groups excluding carboxylic acids is 1. The zero-order valence-corrected chi connectivity index (χ0v) is 9.76. The number of hydrogen-bond acceptors (Lipinski definition) is 2. The van der Waals surface area contributed by atoms with Crippen LogP contribution >= 0.6 is 0 Å². The van der Waals surface area contributed by atoms with Crippen LogP contribution in [0.5, 0.6) is 0 Å². The summed E-state index contributed by atoms with van der Waals surface area (Å²) in [6.07, 6.45) is 4.01. The van der Waals surface area contributed by atoms with Crippen LogP contribution in [0.25, 0.3) is 0 Å². The predicted octanol–water partition coefficient (Wildman–Crippen LogP) is 2.77. The van der Waals surface area contributed by atoms with Crippen molar-refractivity contribution < 1.29 is 9.63 Å². The second-order valence-corrected chi connectivity index (χ2v) is 3.71. The van der Waals surface area contributed by atoms with Crippen molar-refractivity contribution in [3.05, 3.63) is 35.9 Å². The second kappa shape index (κ2) is 7.88. The number of hydrogen-bond donors (Lipinski definition) is 0. The lowest BCUT2D eigenvalue weighted by Crippen LogP contribution is -2.23. The van der Waals surface area contributed by atoms with Gasteiger partial charge in [0.15, 0.2) is 0 Å². The van der Waals surface area contributed by atoms with Crippen molar-refractivity contribution in [3.63, 3.8) is 0 Å². The van der Waals surface area contributed by atoms with E-state index in [2.05, 4.69) is 6.92 Å². The zero-order valence-electron chi connectivity index (χ0n) is 9.76. The van der Waals surface area contributed by atoms with E-state index in [-0.39, 0.29) is 0 Å². The van der Waals surface area contributed by atoms with Crippen LogP contribution in [-0.4, -0.2) is 18.0 Å². The molecule has 0 saturated heterocycles. The molecule has 0 atom stereocenters. The summed E-state index contributed by atoms with van der Waals surface area (Å²) in [6.45, 7) is 3.26. The molecule has 0 N–H and O–H groups in total. The average Bonchev–Trinajstić information content (AvgIpc) is 2.35. The molecule has 0 bridgehead atoms. The molecule has 0 aliphatic heterocycles. The van der Waals surface area contributed by atoms with Crippen molar-refractivity contribution in [1.82, 2.24) is 5.06 Å². The third-order valence-electron chi connectivity index (χ3n) is 2.34. The summed E-state index contributed by atoms with van der Waals surface area (Å²) in [7, 11) is 0. The number of amides is 1. The highest BCUT2D eigenvalue weighted by Crippen LogP contribution is 2.03. The molecule has 0 fully saturated rings. The van der Waals surface area contributed by atoms with E-state index < -0.39 is 0 Å². The van der Waals surface area contributed by atoms with Gasteiger partial charge < -0.3 is 0 Å². The third kappa shape index (κ3) is 4.94. The largest absolute Gasteiger partial charge is 0.276 e. The lowest BCUT2D eigenvalue weighted by atomic mass is 10.2. The van der Waals surface area contributed by atoms with Crippen LogP contribution < -0.4 is 0 Å². The highest BCUT2D eigenvalue weighted by Gasteiger charge is 2.01. The molecule has 3 heteroatoms. The van der Waals surface area contributed by atoms with Crippen LogP contribution in [-0.2, 0) is 16.2 Å². The van der Waals surface area contributed by atoms with Gasteiger partial charge >= 0.3 is 0 Å². The van der Waals surface area contributed by atoms with Crippen molar-refractivity contribution in [2.45, 2.75) is 32.8 Å². The quantitative estimate of drug-likeness (QED) is 0.384.